The van der Waals surface area contributed by atoms with Crippen molar-refractivity contribution in [1.29, 1.82) is 0 Å². The number of hydrogen-bond donors (Lipinski definition) is 2. The van der Waals surface area contributed by atoms with Crippen molar-refractivity contribution in [1.82, 2.24) is 0 Å². The van der Waals surface area contributed by atoms with Crippen molar-refractivity contribution in [3.8, 4) is 5.75 Å². The van der Waals surface area contributed by atoms with Crippen LogP contribution >= 0.6 is 11.3 Å². The summed E-state index contributed by atoms with van der Waals surface area (Å²) in [6.45, 7) is 7.44. The van der Waals surface area contributed by atoms with Gasteiger partial charge in [0.15, 0.2) is 0 Å². The van der Waals surface area contributed by atoms with Gasteiger partial charge in [0, 0.05) is 11.1 Å². The van der Waals surface area contributed by atoms with E-state index in [9.17, 15) is 9.59 Å². The number of aryl methyl sites for hydroxylation is 1. The molecule has 1 heterocycles. The van der Waals surface area contributed by atoms with Crippen LogP contribution in [0.15, 0.2) is 30.3 Å². The molecule has 0 saturated heterocycles. The summed E-state index contributed by atoms with van der Waals surface area (Å²) in [7, 11) is 0. The molecule has 0 atom stereocenters. The number of carbonyl (C=O) groups is 2. The van der Waals surface area contributed by atoms with Crippen molar-refractivity contribution in [3.63, 3.8) is 0 Å². The minimum absolute atomic E-state index is 0.0708. The monoisotopic (exact) mass is 400 g/mol. The Balaban J connectivity index is 1.62. The molecular formula is C22H28N2O3S. The lowest BCUT2D eigenvalue weighted by atomic mass is 9.96. The lowest BCUT2D eigenvalue weighted by Crippen LogP contribution is -2.27. The fourth-order valence-corrected chi connectivity index (χ4v) is 4.03. The molecule has 28 heavy (non-hydrogen) atoms. The average Bonchev–Trinajstić information content (AvgIpc) is 3.25. The van der Waals surface area contributed by atoms with Gasteiger partial charge >= 0.3 is 0 Å². The minimum atomic E-state index is -0.484. The third-order valence-corrected chi connectivity index (χ3v) is 5.91. The smallest absolute Gasteiger partial charge is 0.266 e. The van der Waals surface area contributed by atoms with Gasteiger partial charge < -0.3 is 15.4 Å². The van der Waals surface area contributed by atoms with Gasteiger partial charge in [-0.15, -0.1) is 11.3 Å². The van der Waals surface area contributed by atoms with Crippen molar-refractivity contribution in [2.75, 3.05) is 10.6 Å². The lowest BCUT2D eigenvalue weighted by molar-refractivity contribution is -0.123. The van der Waals surface area contributed by atoms with Gasteiger partial charge in [0.1, 0.15) is 5.75 Å². The van der Waals surface area contributed by atoms with Crippen LogP contribution in [0.25, 0.3) is 0 Å². The van der Waals surface area contributed by atoms with Crippen molar-refractivity contribution in [3.05, 3.63) is 40.8 Å². The molecule has 2 N–H and O–H groups in total. The van der Waals surface area contributed by atoms with E-state index in [1.807, 2.05) is 58.0 Å². The number of anilines is 2. The number of hydrogen-bond acceptors (Lipinski definition) is 4. The van der Waals surface area contributed by atoms with E-state index in [0.717, 1.165) is 29.8 Å². The van der Waals surface area contributed by atoms with Gasteiger partial charge in [-0.2, -0.15) is 0 Å². The van der Waals surface area contributed by atoms with Crippen LogP contribution < -0.4 is 15.4 Å². The van der Waals surface area contributed by atoms with Gasteiger partial charge in [-0.1, -0.05) is 20.8 Å². The number of amides is 2. The first kappa shape index (κ1) is 20.4. The molecule has 1 aliphatic rings. The fraction of sp³-hybridized carbons (Fsp3) is 0.455. The quantitative estimate of drug-likeness (QED) is 0.685. The molecule has 5 nitrogen and oxygen atoms in total. The highest BCUT2D eigenvalue weighted by Gasteiger charge is 2.23. The van der Waals surface area contributed by atoms with Crippen molar-refractivity contribution < 1.29 is 14.3 Å². The Labute approximate surface area is 170 Å². The van der Waals surface area contributed by atoms with Crippen LogP contribution in [0.3, 0.4) is 0 Å². The molecule has 0 aliphatic heterocycles. The lowest BCUT2D eigenvalue weighted by Gasteiger charge is -2.16. The first-order valence-electron chi connectivity index (χ1n) is 9.72. The zero-order valence-electron chi connectivity index (χ0n) is 16.9. The number of carbonyl (C=O) groups excluding carboxylic acids is 2. The van der Waals surface area contributed by atoms with Gasteiger partial charge in [-0.05, 0) is 68.5 Å². The second-order valence-electron chi connectivity index (χ2n) is 8.33. The van der Waals surface area contributed by atoms with Crippen molar-refractivity contribution in [2.45, 2.75) is 59.5 Å². The SMILES string of the molecule is Cc1cc(NC(=O)C(C)(C)C)sc1C(=O)Nc1ccc(OC2CCCC2)cc1. The maximum atomic E-state index is 12.6. The Bertz CT molecular complexity index is 844. The Hall–Kier alpha value is -2.34. The summed E-state index contributed by atoms with van der Waals surface area (Å²) in [6.07, 6.45) is 5.01. The van der Waals surface area contributed by atoms with E-state index < -0.39 is 5.41 Å². The number of benzene rings is 1. The van der Waals surface area contributed by atoms with Gasteiger partial charge in [-0.25, -0.2) is 0 Å². The maximum Gasteiger partial charge on any atom is 0.266 e. The molecule has 0 unspecified atom stereocenters. The molecule has 1 saturated carbocycles. The Kier molecular flexibility index (Phi) is 6.08. The first-order chi connectivity index (χ1) is 13.2. The third-order valence-electron chi connectivity index (χ3n) is 4.76. The summed E-state index contributed by atoms with van der Waals surface area (Å²) in [4.78, 5) is 25.4. The fourth-order valence-electron chi connectivity index (χ4n) is 3.07. The molecule has 1 aromatic carbocycles. The number of thiophene rings is 1. The standard InChI is InChI=1S/C22H28N2O3S/c1-14-13-18(24-21(26)22(2,3)4)28-19(14)20(25)23-15-9-11-17(12-10-15)27-16-7-5-6-8-16/h9-13,16H,5-8H2,1-4H3,(H,23,25)(H,24,26). The topological polar surface area (TPSA) is 67.4 Å². The molecule has 0 bridgehead atoms. The first-order valence-corrected chi connectivity index (χ1v) is 10.5. The molecule has 150 valence electrons. The largest absolute Gasteiger partial charge is 0.490 e. The second-order valence-corrected chi connectivity index (χ2v) is 9.38. The predicted octanol–water partition coefficient (Wildman–Crippen LogP) is 5.61. The summed E-state index contributed by atoms with van der Waals surface area (Å²) in [6, 6.07) is 9.33. The molecule has 2 aromatic rings. The zero-order valence-corrected chi connectivity index (χ0v) is 17.7. The number of ether oxygens (including phenoxy) is 1. The van der Waals surface area contributed by atoms with Crippen LogP contribution in [0.5, 0.6) is 5.75 Å². The highest BCUT2D eigenvalue weighted by atomic mass is 32.1. The normalized spacial score (nSPS) is 14.7. The molecular weight excluding hydrogens is 372 g/mol. The van der Waals surface area contributed by atoms with E-state index in [0.29, 0.717) is 16.0 Å². The zero-order chi connectivity index (χ0) is 20.3. The Morgan fingerprint density at radius 1 is 1.07 bits per heavy atom. The summed E-state index contributed by atoms with van der Waals surface area (Å²) < 4.78 is 5.96. The summed E-state index contributed by atoms with van der Waals surface area (Å²) in [5.41, 5.74) is 1.08. The highest BCUT2D eigenvalue weighted by Crippen LogP contribution is 2.30. The van der Waals surface area contributed by atoms with E-state index in [-0.39, 0.29) is 11.8 Å². The van der Waals surface area contributed by atoms with E-state index in [1.165, 1.54) is 24.2 Å². The molecule has 0 radical (unpaired) electrons. The average molecular weight is 401 g/mol. The highest BCUT2D eigenvalue weighted by molar-refractivity contribution is 7.18. The van der Waals surface area contributed by atoms with Crippen LogP contribution in [0.1, 0.15) is 61.7 Å². The maximum absolute atomic E-state index is 12.6. The minimum Gasteiger partial charge on any atom is -0.490 e. The molecule has 0 spiro atoms. The van der Waals surface area contributed by atoms with E-state index in [4.69, 9.17) is 4.74 Å². The third kappa shape index (κ3) is 5.13. The number of nitrogens with one attached hydrogen (secondary N) is 2. The van der Waals surface area contributed by atoms with Crippen molar-refractivity contribution >= 4 is 33.8 Å². The van der Waals surface area contributed by atoms with Gasteiger partial charge in [-0.3, -0.25) is 9.59 Å². The van der Waals surface area contributed by atoms with Crippen LogP contribution in [-0.4, -0.2) is 17.9 Å². The van der Waals surface area contributed by atoms with Crippen LogP contribution in [0, 0.1) is 12.3 Å². The molecule has 1 fully saturated rings. The molecule has 2 amide bonds. The van der Waals surface area contributed by atoms with E-state index in [1.54, 1.807) is 0 Å². The van der Waals surface area contributed by atoms with Gasteiger partial charge in [0.05, 0.1) is 16.0 Å². The van der Waals surface area contributed by atoms with Crippen molar-refractivity contribution in [2.24, 2.45) is 5.41 Å². The Morgan fingerprint density at radius 2 is 1.71 bits per heavy atom. The molecule has 1 aromatic heterocycles. The second kappa shape index (κ2) is 8.35. The summed E-state index contributed by atoms with van der Waals surface area (Å²) >= 11 is 1.29. The van der Waals surface area contributed by atoms with Crippen LogP contribution in [0.4, 0.5) is 10.7 Å². The van der Waals surface area contributed by atoms with Gasteiger partial charge in [0.2, 0.25) is 5.91 Å². The Morgan fingerprint density at radius 3 is 2.32 bits per heavy atom. The van der Waals surface area contributed by atoms with E-state index in [2.05, 4.69) is 10.6 Å². The summed E-state index contributed by atoms with van der Waals surface area (Å²) in [5, 5.41) is 6.49. The molecule has 1 aliphatic carbocycles. The van der Waals surface area contributed by atoms with Crippen LogP contribution in [0.2, 0.25) is 0 Å². The summed E-state index contributed by atoms with van der Waals surface area (Å²) in [5.74, 6) is 0.589. The van der Waals surface area contributed by atoms with E-state index >= 15 is 0 Å². The van der Waals surface area contributed by atoms with Gasteiger partial charge in [0.25, 0.3) is 5.91 Å². The molecule has 3 rings (SSSR count). The number of rotatable bonds is 5. The predicted molar refractivity (Wildman–Crippen MR) is 114 cm³/mol. The molecule has 6 heteroatoms. The van der Waals surface area contributed by atoms with Crippen LogP contribution in [-0.2, 0) is 4.79 Å².